The molecule has 4 atom stereocenters. The summed E-state index contributed by atoms with van der Waals surface area (Å²) in [5.41, 5.74) is 4.99. The molecular formula is C64H77ClFN7O10S2. The number of urea groups is 1. The summed E-state index contributed by atoms with van der Waals surface area (Å²) in [5, 5.41) is 28.8. The lowest BCUT2D eigenvalue weighted by atomic mass is 9.86. The number of rotatable bonds is 27. The van der Waals surface area contributed by atoms with Gasteiger partial charge < -0.3 is 44.5 Å². The highest BCUT2D eigenvalue weighted by atomic mass is 35.5. The average molecular weight is 1220 g/mol. The summed E-state index contributed by atoms with van der Waals surface area (Å²) in [6, 6.07) is 26.4. The van der Waals surface area contributed by atoms with Gasteiger partial charge in [0.1, 0.15) is 23.7 Å². The van der Waals surface area contributed by atoms with Crippen molar-refractivity contribution in [3.63, 3.8) is 0 Å². The summed E-state index contributed by atoms with van der Waals surface area (Å²) in [4.78, 5) is 79.1. The number of thiazole rings is 2. The zero-order valence-electron chi connectivity index (χ0n) is 49.0. The Morgan fingerprint density at radius 3 is 2.22 bits per heavy atom. The normalized spacial score (nSPS) is 14.0. The van der Waals surface area contributed by atoms with Crippen molar-refractivity contribution in [3.8, 4) is 5.75 Å². The molecule has 0 spiro atoms. The van der Waals surface area contributed by atoms with Gasteiger partial charge in [-0.2, -0.15) is 0 Å². The number of carbonyl (C=O) groups is 4. The van der Waals surface area contributed by atoms with Gasteiger partial charge in [-0.15, -0.1) is 22.7 Å². The number of aromatic nitrogens is 3. The number of ether oxygens (including phenoxy) is 3. The van der Waals surface area contributed by atoms with Crippen molar-refractivity contribution < 1.29 is 48.0 Å². The predicted molar refractivity (Wildman–Crippen MR) is 331 cm³/mol. The number of carboxylic acid groups (broad SMARTS) is 1. The van der Waals surface area contributed by atoms with Crippen LogP contribution < -0.4 is 20.8 Å². The minimum atomic E-state index is -1.36. The van der Waals surface area contributed by atoms with Crippen LogP contribution in [0.2, 0.25) is 5.02 Å². The van der Waals surface area contributed by atoms with E-state index in [1.54, 1.807) is 57.8 Å². The van der Waals surface area contributed by atoms with E-state index in [2.05, 4.69) is 58.6 Å². The minimum Gasteiger partial charge on any atom is -0.496 e. The Kier molecular flexibility index (Phi) is 25.0. The fourth-order valence-corrected chi connectivity index (χ4v) is 11.8. The number of carbonyl (C=O) groups excluding carboxylic acids is 3. The fourth-order valence-electron chi connectivity index (χ4n) is 10.2. The first-order chi connectivity index (χ1) is 40.9. The predicted octanol–water partition coefficient (Wildman–Crippen LogP) is 11.4. The first-order valence-corrected chi connectivity index (χ1v) is 30.7. The zero-order chi connectivity index (χ0) is 61.0. The molecule has 3 aromatic heterocycles. The second kappa shape index (κ2) is 32.4. The van der Waals surface area contributed by atoms with E-state index in [4.69, 9.17) is 30.8 Å². The minimum absolute atomic E-state index is 0.0122. The SMILES string of the molecule is CC(C)c1nc(CN(C)C(=O)N[C@@H](CCN2CCOCC2)C(=O)C[C@H](CC[C@H](Cc2ccccc2)NC(=O)OCc2cncs2)Cc2ccccc2)cs1.COc1cc2c(cc1Cc1cccc(Cl)c1F)c(=O)c(C(=O)O)cn2[C@H](CO)C(C)C. The molecule has 1 fully saturated rings. The number of amides is 3. The molecule has 0 aliphatic carbocycles. The van der Waals surface area contributed by atoms with Gasteiger partial charge in [0.15, 0.2) is 5.78 Å². The van der Waals surface area contributed by atoms with E-state index in [-0.39, 0.29) is 59.7 Å². The number of carboxylic acids is 1. The van der Waals surface area contributed by atoms with Gasteiger partial charge in [0, 0.05) is 80.7 Å². The molecule has 1 aliphatic heterocycles. The lowest BCUT2D eigenvalue weighted by Gasteiger charge is -2.29. The summed E-state index contributed by atoms with van der Waals surface area (Å²) >= 11 is 8.92. The quantitative estimate of drug-likeness (QED) is 0.0378. The second-order valence-corrected chi connectivity index (χ2v) is 24.2. The Morgan fingerprint density at radius 1 is 0.894 bits per heavy atom. The first kappa shape index (κ1) is 65.5. The third-order valence-corrected chi connectivity index (χ3v) is 17.2. The Hall–Kier alpha value is -7.07. The maximum atomic E-state index is 14.4. The summed E-state index contributed by atoms with van der Waals surface area (Å²) < 4.78 is 32.6. The Labute approximate surface area is 509 Å². The van der Waals surface area contributed by atoms with Crippen LogP contribution in [0.15, 0.2) is 119 Å². The van der Waals surface area contributed by atoms with Gasteiger partial charge >= 0.3 is 18.1 Å². The van der Waals surface area contributed by atoms with Gasteiger partial charge in [-0.25, -0.2) is 23.8 Å². The van der Waals surface area contributed by atoms with E-state index in [0.717, 1.165) is 39.8 Å². The summed E-state index contributed by atoms with van der Waals surface area (Å²) in [6.07, 6.45) is 6.04. The highest BCUT2D eigenvalue weighted by Crippen LogP contribution is 2.32. The molecule has 0 unspecified atom stereocenters. The van der Waals surface area contributed by atoms with E-state index in [9.17, 15) is 38.6 Å². The number of methoxy groups -OCH3 is 1. The highest BCUT2D eigenvalue weighted by molar-refractivity contribution is 7.09. The van der Waals surface area contributed by atoms with E-state index in [1.807, 2.05) is 55.6 Å². The van der Waals surface area contributed by atoms with Crippen LogP contribution in [0.3, 0.4) is 0 Å². The van der Waals surface area contributed by atoms with Crippen LogP contribution in [0.5, 0.6) is 5.75 Å². The molecule has 0 saturated carbocycles. The van der Waals surface area contributed by atoms with Crippen LogP contribution in [-0.4, -0.2) is 124 Å². The lowest BCUT2D eigenvalue weighted by molar-refractivity contribution is -0.122. The molecule has 4 heterocycles. The number of ketones is 1. The molecule has 1 saturated heterocycles. The number of halogens is 2. The maximum absolute atomic E-state index is 14.4. The molecule has 3 amide bonds. The number of morpholine rings is 1. The molecule has 8 rings (SSSR count). The van der Waals surface area contributed by atoms with Gasteiger partial charge in [0.25, 0.3) is 0 Å². The number of alkyl carbamates (subject to hydrolysis) is 1. The molecule has 1 aliphatic rings. The number of hydrogen-bond acceptors (Lipinski definition) is 14. The number of pyridine rings is 1. The van der Waals surface area contributed by atoms with Crippen molar-refractivity contribution in [2.45, 2.75) is 110 Å². The monoisotopic (exact) mass is 1220 g/mol. The first-order valence-electron chi connectivity index (χ1n) is 28.6. The summed E-state index contributed by atoms with van der Waals surface area (Å²) in [7, 11) is 3.20. The zero-order valence-corrected chi connectivity index (χ0v) is 51.4. The largest absolute Gasteiger partial charge is 0.496 e. The molecule has 21 heteroatoms. The van der Waals surface area contributed by atoms with Gasteiger partial charge in [0.05, 0.1) is 77.2 Å². The topological polar surface area (TPSA) is 215 Å². The van der Waals surface area contributed by atoms with E-state index in [0.29, 0.717) is 93.1 Å². The van der Waals surface area contributed by atoms with Crippen molar-refractivity contribution in [3.05, 3.63) is 179 Å². The van der Waals surface area contributed by atoms with Crippen molar-refractivity contribution in [2.75, 3.05) is 53.6 Å². The van der Waals surface area contributed by atoms with Crippen LogP contribution in [0.25, 0.3) is 10.9 Å². The molecule has 4 N–H and O–H groups in total. The molecular weight excluding hydrogens is 1150 g/mol. The fraction of sp³-hybridized carbons (Fsp3) is 0.422. The maximum Gasteiger partial charge on any atom is 0.407 e. The Bertz CT molecular complexity index is 3340. The third-order valence-electron chi connectivity index (χ3n) is 15.0. The van der Waals surface area contributed by atoms with Crippen molar-refractivity contribution in [1.29, 1.82) is 0 Å². The number of Topliss-reactive ketones (excluding diaryl/α,β-unsaturated/α-hetero) is 1. The highest BCUT2D eigenvalue weighted by Gasteiger charge is 2.29. The number of benzene rings is 4. The van der Waals surface area contributed by atoms with E-state index in [1.165, 1.54) is 36.8 Å². The van der Waals surface area contributed by atoms with Gasteiger partial charge in [0.2, 0.25) is 5.43 Å². The van der Waals surface area contributed by atoms with E-state index < -0.39 is 41.0 Å². The van der Waals surface area contributed by atoms with Crippen LogP contribution in [0.1, 0.15) is 114 Å². The van der Waals surface area contributed by atoms with Gasteiger partial charge in [-0.1, -0.05) is 112 Å². The lowest BCUT2D eigenvalue weighted by Crippen LogP contribution is -2.49. The molecule has 454 valence electrons. The number of aromatic carboxylic acids is 1. The van der Waals surface area contributed by atoms with Crippen molar-refractivity contribution in [2.24, 2.45) is 11.8 Å². The van der Waals surface area contributed by atoms with Crippen LogP contribution >= 0.6 is 34.3 Å². The number of hydrogen-bond donors (Lipinski definition) is 4. The molecule has 85 heavy (non-hydrogen) atoms. The van der Waals surface area contributed by atoms with Crippen LogP contribution in [-0.2, 0) is 46.7 Å². The molecule has 0 bridgehead atoms. The van der Waals surface area contributed by atoms with Crippen molar-refractivity contribution >= 4 is 69.1 Å². The number of aliphatic hydroxyl groups excluding tert-OH is 1. The van der Waals surface area contributed by atoms with Crippen molar-refractivity contribution in [1.82, 2.24) is 35.0 Å². The molecule has 7 aromatic rings. The van der Waals surface area contributed by atoms with Crippen LogP contribution in [0.4, 0.5) is 14.0 Å². The third kappa shape index (κ3) is 19.2. The van der Waals surface area contributed by atoms with E-state index >= 15 is 0 Å². The number of fused-ring (bicyclic) bond motifs is 1. The Balaban J connectivity index is 0.000000282. The summed E-state index contributed by atoms with van der Waals surface area (Å²) in [6.45, 7) is 11.9. The number of nitrogens with zero attached hydrogens (tertiary/aromatic N) is 5. The number of aliphatic hydroxyl groups is 1. The Morgan fingerprint density at radius 2 is 1.60 bits per heavy atom. The molecule has 17 nitrogen and oxygen atoms in total. The summed E-state index contributed by atoms with van der Waals surface area (Å²) in [5.74, 6) is -1.24. The number of nitrogens with one attached hydrogen (secondary N) is 2. The smallest absolute Gasteiger partial charge is 0.407 e. The molecule has 4 aromatic carbocycles. The van der Waals surface area contributed by atoms with Crippen LogP contribution in [0, 0.1) is 17.7 Å². The van der Waals surface area contributed by atoms with Gasteiger partial charge in [-0.05, 0) is 78.3 Å². The van der Waals surface area contributed by atoms with Gasteiger partial charge in [-0.3, -0.25) is 19.5 Å². The standard InChI is InChI=1S/C41H54N6O5S2.C23H23ClFNO5/c1-30(2)39-43-35(28-53-39)26-46(3)40(49)45-37(16-17-47-18-20-51-21-19-47)38(48)24-33(22-31-10-6-4-7-11-31)14-15-34(23-32-12-8-5-9-13-32)44-41(50)52-27-36-25-42-29-54-36;1-12(2)19(11-27)26-10-16(23(29)30)22(28)15-8-14(20(31-3)9-18(15)26)7-13-5-4-6-17(24)21(13)25/h4-13,25,28-30,33-34,37H,14-24,26-27H2,1-3H3,(H,44,50)(H,45,49);4-6,8-10,12,19,27H,7,11H2,1-3H3,(H,29,30)/t33-,34-,37+;19-/m11/s1. The average Bonchev–Trinajstić information content (AvgIpc) is 1.96. The second-order valence-electron chi connectivity index (χ2n) is 22.0. The molecule has 0 radical (unpaired) electrons.